The molecule has 2 aromatic carbocycles. The lowest BCUT2D eigenvalue weighted by atomic mass is 10.1. The number of nitro benzene ring substituents is 2. The van der Waals surface area contributed by atoms with Crippen LogP contribution in [0.1, 0.15) is 15.9 Å². The first-order valence-electron chi connectivity index (χ1n) is 6.94. The van der Waals surface area contributed by atoms with Gasteiger partial charge >= 0.3 is 0 Å². The molecule has 0 saturated carbocycles. The molecular weight excluding hydrogens is 332 g/mol. The zero-order valence-corrected chi connectivity index (χ0v) is 12.7. The highest BCUT2D eigenvalue weighted by Crippen LogP contribution is 2.17. The fraction of sp³-hybridized carbons (Fsp3) is 0.0667. The van der Waals surface area contributed by atoms with Crippen molar-refractivity contribution in [1.29, 1.82) is 0 Å². The molecule has 0 bridgehead atoms. The summed E-state index contributed by atoms with van der Waals surface area (Å²) in [6.45, 7) is 0. The number of para-hydroxylation sites is 1. The summed E-state index contributed by atoms with van der Waals surface area (Å²) in [6.07, 6.45) is -0.130. The molecule has 0 aliphatic rings. The lowest BCUT2D eigenvalue weighted by molar-refractivity contribution is -0.385. The Balaban J connectivity index is 1.95. The van der Waals surface area contributed by atoms with Crippen LogP contribution in [0.5, 0.6) is 0 Å². The molecule has 10 nitrogen and oxygen atoms in total. The Morgan fingerprint density at radius 3 is 2.12 bits per heavy atom. The Labute approximate surface area is 140 Å². The van der Waals surface area contributed by atoms with E-state index in [1.807, 2.05) is 0 Å². The van der Waals surface area contributed by atoms with Crippen LogP contribution in [0.4, 0.5) is 11.4 Å². The normalized spacial score (nSPS) is 9.92. The van der Waals surface area contributed by atoms with E-state index < -0.39 is 21.7 Å². The van der Waals surface area contributed by atoms with Gasteiger partial charge in [-0.15, -0.1) is 0 Å². The number of rotatable bonds is 5. The number of hydrogen-bond donors (Lipinski definition) is 2. The SMILES string of the molecule is O=C(Cc1ccc([N+](=O)[O-])cc1)NNC(=O)c1ccccc1[N+](=O)[O-]. The van der Waals surface area contributed by atoms with Gasteiger partial charge in [0.25, 0.3) is 17.3 Å². The van der Waals surface area contributed by atoms with E-state index in [0.717, 1.165) is 0 Å². The third-order valence-electron chi connectivity index (χ3n) is 3.17. The molecule has 0 aliphatic heterocycles. The zero-order chi connectivity index (χ0) is 18.4. The Morgan fingerprint density at radius 1 is 0.880 bits per heavy atom. The summed E-state index contributed by atoms with van der Waals surface area (Å²) in [5, 5.41) is 21.4. The first-order valence-corrected chi connectivity index (χ1v) is 6.94. The van der Waals surface area contributed by atoms with E-state index in [-0.39, 0.29) is 23.4 Å². The fourth-order valence-electron chi connectivity index (χ4n) is 1.98. The second-order valence-corrected chi connectivity index (χ2v) is 4.88. The topological polar surface area (TPSA) is 144 Å². The molecule has 0 unspecified atom stereocenters. The molecule has 0 aliphatic carbocycles. The van der Waals surface area contributed by atoms with Crippen molar-refractivity contribution in [3.63, 3.8) is 0 Å². The molecule has 2 N–H and O–H groups in total. The average molecular weight is 344 g/mol. The van der Waals surface area contributed by atoms with Crippen LogP contribution < -0.4 is 10.9 Å². The molecular formula is C15H12N4O6. The third kappa shape index (κ3) is 4.58. The molecule has 0 saturated heterocycles. The summed E-state index contributed by atoms with van der Waals surface area (Å²) in [5.41, 5.74) is 4.05. The van der Waals surface area contributed by atoms with Gasteiger partial charge in [0, 0.05) is 18.2 Å². The average Bonchev–Trinajstić information content (AvgIpc) is 2.60. The number of nitrogens with one attached hydrogen (secondary N) is 2. The number of hydrazine groups is 1. The van der Waals surface area contributed by atoms with Crippen molar-refractivity contribution in [2.75, 3.05) is 0 Å². The van der Waals surface area contributed by atoms with Crippen molar-refractivity contribution in [2.24, 2.45) is 0 Å². The maximum absolute atomic E-state index is 11.9. The van der Waals surface area contributed by atoms with Gasteiger partial charge in [-0.1, -0.05) is 24.3 Å². The van der Waals surface area contributed by atoms with E-state index in [2.05, 4.69) is 10.9 Å². The molecule has 128 valence electrons. The maximum atomic E-state index is 11.9. The summed E-state index contributed by atoms with van der Waals surface area (Å²) in [4.78, 5) is 43.9. The number of nitrogens with zero attached hydrogens (tertiary/aromatic N) is 2. The molecule has 2 aromatic rings. The monoisotopic (exact) mass is 344 g/mol. The van der Waals surface area contributed by atoms with E-state index in [0.29, 0.717) is 5.56 Å². The van der Waals surface area contributed by atoms with Crippen molar-refractivity contribution in [2.45, 2.75) is 6.42 Å². The molecule has 0 aromatic heterocycles. The second-order valence-electron chi connectivity index (χ2n) is 4.88. The maximum Gasteiger partial charge on any atom is 0.282 e. The predicted octanol–water partition coefficient (Wildman–Crippen LogP) is 1.51. The van der Waals surface area contributed by atoms with Gasteiger partial charge in [0.05, 0.1) is 16.3 Å². The molecule has 10 heteroatoms. The van der Waals surface area contributed by atoms with Crippen LogP contribution in [-0.2, 0) is 11.2 Å². The number of carbonyl (C=O) groups excluding carboxylic acids is 2. The van der Waals surface area contributed by atoms with Gasteiger partial charge < -0.3 is 0 Å². The first-order chi connectivity index (χ1) is 11.9. The zero-order valence-electron chi connectivity index (χ0n) is 12.7. The number of amides is 2. The standard InChI is InChI=1S/C15H12N4O6/c20-14(9-10-5-7-11(8-6-10)18(22)23)16-17-15(21)12-3-1-2-4-13(12)19(24)25/h1-8H,9H2,(H,16,20)(H,17,21). The van der Waals surface area contributed by atoms with Crippen molar-refractivity contribution < 1.29 is 19.4 Å². The third-order valence-corrected chi connectivity index (χ3v) is 3.17. The Hall–Kier alpha value is -3.82. The fourth-order valence-corrected chi connectivity index (χ4v) is 1.98. The van der Waals surface area contributed by atoms with Gasteiger partial charge in [-0.3, -0.25) is 40.7 Å². The van der Waals surface area contributed by atoms with Gasteiger partial charge in [-0.05, 0) is 11.6 Å². The summed E-state index contributed by atoms with van der Waals surface area (Å²) in [6, 6.07) is 10.7. The van der Waals surface area contributed by atoms with Crippen LogP contribution in [0.25, 0.3) is 0 Å². The van der Waals surface area contributed by atoms with Gasteiger partial charge in [-0.2, -0.15) is 0 Å². The highest BCUT2D eigenvalue weighted by atomic mass is 16.6. The van der Waals surface area contributed by atoms with E-state index in [4.69, 9.17) is 0 Å². The van der Waals surface area contributed by atoms with Crippen molar-refractivity contribution in [3.05, 3.63) is 79.9 Å². The minimum atomic E-state index is -0.829. The number of non-ortho nitro benzene ring substituents is 1. The van der Waals surface area contributed by atoms with E-state index in [1.54, 1.807) is 0 Å². The summed E-state index contributed by atoms with van der Waals surface area (Å²) < 4.78 is 0. The number of nitro groups is 2. The van der Waals surface area contributed by atoms with Crippen LogP contribution in [0.15, 0.2) is 48.5 Å². The predicted molar refractivity (Wildman–Crippen MR) is 85.5 cm³/mol. The van der Waals surface area contributed by atoms with Crippen LogP contribution >= 0.6 is 0 Å². The van der Waals surface area contributed by atoms with Crippen LogP contribution in [-0.4, -0.2) is 21.7 Å². The van der Waals surface area contributed by atoms with E-state index >= 15 is 0 Å². The highest BCUT2D eigenvalue weighted by Gasteiger charge is 2.19. The summed E-state index contributed by atoms with van der Waals surface area (Å²) in [7, 11) is 0. The summed E-state index contributed by atoms with van der Waals surface area (Å²) in [5.74, 6) is -1.41. The van der Waals surface area contributed by atoms with Crippen LogP contribution in [0, 0.1) is 20.2 Å². The van der Waals surface area contributed by atoms with Crippen molar-refractivity contribution >= 4 is 23.2 Å². The van der Waals surface area contributed by atoms with E-state index in [1.165, 1.54) is 48.5 Å². The lowest BCUT2D eigenvalue weighted by Gasteiger charge is -2.07. The Bertz CT molecular complexity index is 834. The van der Waals surface area contributed by atoms with Crippen LogP contribution in [0.2, 0.25) is 0 Å². The quantitative estimate of drug-likeness (QED) is 0.621. The van der Waals surface area contributed by atoms with Crippen molar-refractivity contribution in [3.8, 4) is 0 Å². The Morgan fingerprint density at radius 2 is 1.52 bits per heavy atom. The van der Waals surface area contributed by atoms with Gasteiger partial charge in [0.2, 0.25) is 5.91 Å². The van der Waals surface area contributed by atoms with Gasteiger partial charge in [0.1, 0.15) is 5.56 Å². The summed E-state index contributed by atoms with van der Waals surface area (Å²) >= 11 is 0. The number of hydrogen-bond acceptors (Lipinski definition) is 6. The lowest BCUT2D eigenvalue weighted by Crippen LogP contribution is -2.42. The molecule has 25 heavy (non-hydrogen) atoms. The minimum absolute atomic E-state index is 0.103. The molecule has 0 fully saturated rings. The molecule has 0 atom stereocenters. The van der Waals surface area contributed by atoms with E-state index in [9.17, 15) is 29.8 Å². The largest absolute Gasteiger partial charge is 0.282 e. The molecule has 2 amide bonds. The smallest absolute Gasteiger partial charge is 0.273 e. The Kier molecular flexibility index (Phi) is 5.36. The highest BCUT2D eigenvalue weighted by molar-refractivity contribution is 5.99. The molecule has 2 rings (SSSR count). The number of benzene rings is 2. The molecule has 0 radical (unpaired) electrons. The van der Waals surface area contributed by atoms with Gasteiger partial charge in [-0.25, -0.2) is 0 Å². The van der Waals surface area contributed by atoms with Gasteiger partial charge in [0.15, 0.2) is 0 Å². The second kappa shape index (κ2) is 7.64. The molecule has 0 spiro atoms. The van der Waals surface area contributed by atoms with Crippen molar-refractivity contribution in [1.82, 2.24) is 10.9 Å². The van der Waals surface area contributed by atoms with Crippen LogP contribution in [0.3, 0.4) is 0 Å². The first kappa shape index (κ1) is 17.5. The number of carbonyl (C=O) groups is 2. The minimum Gasteiger partial charge on any atom is -0.273 e. The molecule has 0 heterocycles.